The highest BCUT2D eigenvalue weighted by Crippen LogP contribution is 2.34. The van der Waals surface area contributed by atoms with Gasteiger partial charge in [0.15, 0.2) is 5.16 Å². The van der Waals surface area contributed by atoms with Gasteiger partial charge in [0.25, 0.3) is 5.56 Å². The fourth-order valence-electron chi connectivity index (χ4n) is 3.47. The second-order valence-corrected chi connectivity index (χ2v) is 9.55. The maximum atomic E-state index is 12.9. The van der Waals surface area contributed by atoms with Crippen LogP contribution in [-0.4, -0.2) is 26.8 Å². The van der Waals surface area contributed by atoms with Crippen molar-refractivity contribution >= 4 is 50.6 Å². The summed E-state index contributed by atoms with van der Waals surface area (Å²) in [5.74, 6) is -0.0773. The Labute approximate surface area is 174 Å². The Morgan fingerprint density at radius 3 is 2.89 bits per heavy atom. The molecule has 3 aromatic heterocycles. The molecule has 0 spiro atoms. The molecule has 1 N–H and O–H groups in total. The Balaban J connectivity index is 1.55. The van der Waals surface area contributed by atoms with Crippen molar-refractivity contribution in [2.45, 2.75) is 36.4 Å². The van der Waals surface area contributed by atoms with E-state index in [1.807, 2.05) is 22.9 Å². The van der Waals surface area contributed by atoms with Crippen molar-refractivity contribution < 1.29 is 4.79 Å². The van der Waals surface area contributed by atoms with Crippen molar-refractivity contribution in [1.82, 2.24) is 14.9 Å². The Kier molecular flexibility index (Phi) is 5.27. The summed E-state index contributed by atoms with van der Waals surface area (Å²) >= 11 is 4.25. The van der Waals surface area contributed by atoms with Crippen molar-refractivity contribution in [3.63, 3.8) is 0 Å². The molecule has 0 aromatic carbocycles. The molecule has 9 heteroatoms. The van der Waals surface area contributed by atoms with Crippen LogP contribution in [0.5, 0.6) is 0 Å². The third kappa shape index (κ3) is 3.48. The van der Waals surface area contributed by atoms with Gasteiger partial charge in [-0.2, -0.15) is 5.26 Å². The zero-order chi connectivity index (χ0) is 19.7. The number of hydrogen-bond acceptors (Lipinski definition) is 7. The topological polar surface area (TPSA) is 87.8 Å². The number of thiophene rings is 2. The van der Waals surface area contributed by atoms with E-state index in [1.165, 1.54) is 27.7 Å². The number of rotatable bonds is 5. The van der Waals surface area contributed by atoms with Crippen LogP contribution < -0.4 is 10.9 Å². The Morgan fingerprint density at radius 1 is 1.43 bits per heavy atom. The third-order valence-electron chi connectivity index (χ3n) is 4.94. The number of fused-ring (bicyclic) bond motifs is 1. The van der Waals surface area contributed by atoms with Gasteiger partial charge in [-0.15, -0.1) is 22.7 Å². The van der Waals surface area contributed by atoms with Crippen LogP contribution in [0, 0.1) is 11.3 Å². The van der Waals surface area contributed by atoms with Crippen LogP contribution in [0.15, 0.2) is 32.8 Å². The zero-order valence-electron chi connectivity index (χ0n) is 15.2. The van der Waals surface area contributed by atoms with Gasteiger partial charge in [0.2, 0.25) is 5.91 Å². The van der Waals surface area contributed by atoms with Crippen molar-refractivity contribution in [3.8, 4) is 16.5 Å². The average Bonchev–Trinajstić information content (AvgIpc) is 3.43. The molecule has 0 unspecified atom stereocenters. The first-order valence-corrected chi connectivity index (χ1v) is 11.6. The number of nitriles is 1. The third-order valence-corrected chi connectivity index (χ3v) is 7.75. The molecule has 0 saturated heterocycles. The molecule has 144 valence electrons. The first kappa shape index (κ1) is 19.2. The number of hydrogen-bond donors (Lipinski definition) is 1. The van der Waals surface area contributed by atoms with Gasteiger partial charge in [-0.05, 0) is 37.1 Å². The molecule has 0 aliphatic heterocycles. The lowest BCUT2D eigenvalue weighted by molar-refractivity contribution is -0.119. The second kappa shape index (κ2) is 7.70. The first-order chi connectivity index (χ1) is 13.5. The number of carbonyl (C=O) groups is 1. The van der Waals surface area contributed by atoms with E-state index in [4.69, 9.17) is 0 Å². The molecule has 1 aliphatic carbocycles. The molecule has 1 fully saturated rings. The largest absolute Gasteiger partial charge is 0.337 e. The summed E-state index contributed by atoms with van der Waals surface area (Å²) in [6.45, 7) is 0. The number of amides is 1. The maximum absolute atomic E-state index is 12.9. The smallest absolute Gasteiger partial charge is 0.263 e. The highest BCUT2D eigenvalue weighted by Gasteiger charge is 2.35. The highest BCUT2D eigenvalue weighted by molar-refractivity contribution is 7.99. The lowest BCUT2D eigenvalue weighted by Crippen LogP contribution is -2.45. The van der Waals surface area contributed by atoms with Crippen LogP contribution in [-0.2, 0) is 11.8 Å². The molecule has 4 rings (SSSR count). The molecular formula is C19H18N4O2S3. The van der Waals surface area contributed by atoms with Crippen molar-refractivity contribution in [1.29, 1.82) is 5.26 Å². The number of carbonyl (C=O) groups excluding carboxylic acids is 1. The fraction of sp³-hybridized carbons (Fsp3) is 0.368. The minimum Gasteiger partial charge on any atom is -0.337 e. The summed E-state index contributed by atoms with van der Waals surface area (Å²) in [5, 5.41) is 17.4. The van der Waals surface area contributed by atoms with Crippen LogP contribution in [0.25, 0.3) is 20.7 Å². The number of nitrogens with zero attached hydrogens (tertiary/aromatic N) is 3. The van der Waals surface area contributed by atoms with Crippen molar-refractivity contribution in [2.75, 3.05) is 5.75 Å². The lowest BCUT2D eigenvalue weighted by atomic mass is 10.0. The van der Waals surface area contributed by atoms with E-state index < -0.39 is 5.54 Å². The van der Waals surface area contributed by atoms with E-state index in [2.05, 4.69) is 16.4 Å². The van der Waals surface area contributed by atoms with E-state index in [9.17, 15) is 14.9 Å². The van der Waals surface area contributed by atoms with E-state index >= 15 is 0 Å². The molecule has 0 bridgehead atoms. The van der Waals surface area contributed by atoms with Crippen molar-refractivity contribution in [3.05, 3.63) is 33.2 Å². The zero-order valence-corrected chi connectivity index (χ0v) is 17.7. The molecule has 3 heterocycles. The molecule has 0 radical (unpaired) electrons. The minimum atomic E-state index is -0.732. The van der Waals surface area contributed by atoms with Crippen molar-refractivity contribution in [2.24, 2.45) is 7.05 Å². The minimum absolute atomic E-state index is 0.109. The normalized spacial score (nSPS) is 15.6. The Bertz CT molecular complexity index is 1120. The monoisotopic (exact) mass is 430 g/mol. The molecule has 1 aliphatic rings. The molecule has 3 aromatic rings. The Hall–Kier alpha value is -2.15. The SMILES string of the molecule is Cn1c(SCC(=O)NC2(C#N)CCCC2)nc2scc(-c3cccs3)c2c1=O. The predicted molar refractivity (Wildman–Crippen MR) is 114 cm³/mol. The van der Waals surface area contributed by atoms with E-state index in [1.54, 1.807) is 18.4 Å². The molecule has 1 saturated carbocycles. The number of thioether (sulfide) groups is 1. The molecular weight excluding hydrogens is 412 g/mol. The maximum Gasteiger partial charge on any atom is 0.263 e. The summed E-state index contributed by atoms with van der Waals surface area (Å²) in [7, 11) is 1.68. The van der Waals surface area contributed by atoms with Crippen LogP contribution in [0.1, 0.15) is 25.7 Å². The lowest BCUT2D eigenvalue weighted by Gasteiger charge is -2.21. The molecule has 0 atom stereocenters. The van der Waals surface area contributed by atoms with Crippen LogP contribution in [0.3, 0.4) is 0 Å². The Morgan fingerprint density at radius 2 is 2.21 bits per heavy atom. The summed E-state index contributed by atoms with van der Waals surface area (Å²) in [4.78, 5) is 31.6. The van der Waals surface area contributed by atoms with Gasteiger partial charge < -0.3 is 5.32 Å². The van der Waals surface area contributed by atoms with Crippen LogP contribution >= 0.6 is 34.4 Å². The van der Waals surface area contributed by atoms with Gasteiger partial charge >= 0.3 is 0 Å². The van der Waals surface area contributed by atoms with Crippen LogP contribution in [0.2, 0.25) is 0 Å². The predicted octanol–water partition coefficient (Wildman–Crippen LogP) is 3.77. The first-order valence-electron chi connectivity index (χ1n) is 8.90. The van der Waals surface area contributed by atoms with Gasteiger partial charge in [-0.3, -0.25) is 14.2 Å². The van der Waals surface area contributed by atoms with Gasteiger partial charge in [-0.25, -0.2) is 4.98 Å². The van der Waals surface area contributed by atoms with E-state index in [0.29, 0.717) is 28.2 Å². The number of nitrogens with one attached hydrogen (secondary N) is 1. The average molecular weight is 431 g/mol. The van der Waals surface area contributed by atoms with Gasteiger partial charge in [0, 0.05) is 22.9 Å². The fourth-order valence-corrected chi connectivity index (χ4v) is 6.05. The summed E-state index contributed by atoms with van der Waals surface area (Å²) < 4.78 is 1.50. The van der Waals surface area contributed by atoms with E-state index in [0.717, 1.165) is 23.3 Å². The van der Waals surface area contributed by atoms with Crippen LogP contribution in [0.4, 0.5) is 0 Å². The quantitative estimate of drug-likeness (QED) is 0.492. The highest BCUT2D eigenvalue weighted by atomic mass is 32.2. The summed E-state index contributed by atoms with van der Waals surface area (Å²) in [5.41, 5.74) is 0.0704. The summed E-state index contributed by atoms with van der Waals surface area (Å²) in [6, 6.07) is 6.21. The summed E-state index contributed by atoms with van der Waals surface area (Å²) in [6.07, 6.45) is 3.31. The van der Waals surface area contributed by atoms with Gasteiger partial charge in [-0.1, -0.05) is 17.8 Å². The van der Waals surface area contributed by atoms with E-state index in [-0.39, 0.29) is 17.2 Å². The second-order valence-electron chi connectivity index (χ2n) is 6.80. The van der Waals surface area contributed by atoms with Gasteiger partial charge in [0.1, 0.15) is 10.4 Å². The molecule has 28 heavy (non-hydrogen) atoms. The molecule has 1 amide bonds. The molecule has 6 nitrogen and oxygen atoms in total. The number of aromatic nitrogens is 2. The van der Waals surface area contributed by atoms with Gasteiger partial charge in [0.05, 0.1) is 17.2 Å². The standard InChI is InChI=1S/C19H18N4O2S3/c1-23-17(25)15-12(13-5-4-8-26-13)9-27-16(15)21-18(23)28-10-14(24)22-19(11-20)6-2-3-7-19/h4-5,8-9H,2-3,6-7,10H2,1H3,(H,22,24).